The summed E-state index contributed by atoms with van der Waals surface area (Å²) < 4.78 is 0. The summed E-state index contributed by atoms with van der Waals surface area (Å²) >= 11 is 0. The Kier molecular flexibility index (Phi) is 1.45. The van der Waals surface area contributed by atoms with E-state index in [1.807, 2.05) is 0 Å². The molecule has 3 saturated heterocycles. The molecular weight excluding hydrogens is 182 g/mol. The average Bonchev–Trinajstić information content (AvgIpc) is 2.73. The molecule has 3 fully saturated rings. The fraction of sp³-hybridized carbons (Fsp3) is 0.778. The van der Waals surface area contributed by atoms with Crippen LogP contribution in [0.2, 0.25) is 0 Å². The third-order valence-electron chi connectivity index (χ3n) is 3.69. The third kappa shape index (κ3) is 0.829. The van der Waals surface area contributed by atoms with Gasteiger partial charge in [0.25, 0.3) is 5.91 Å². The molecule has 3 heterocycles. The Labute approximate surface area is 81.8 Å². The van der Waals surface area contributed by atoms with Crippen LogP contribution in [-0.4, -0.2) is 41.5 Å². The molecular formula is C9H13N3O2. The summed E-state index contributed by atoms with van der Waals surface area (Å²) in [4.78, 5) is 25.2. The van der Waals surface area contributed by atoms with Gasteiger partial charge in [-0.3, -0.25) is 15.0 Å². The van der Waals surface area contributed by atoms with Gasteiger partial charge in [0.05, 0.1) is 0 Å². The van der Waals surface area contributed by atoms with Gasteiger partial charge in [-0.1, -0.05) is 0 Å². The zero-order chi connectivity index (χ0) is 9.76. The van der Waals surface area contributed by atoms with E-state index in [0.29, 0.717) is 0 Å². The van der Waals surface area contributed by atoms with Gasteiger partial charge in [-0.05, 0) is 25.8 Å². The van der Waals surface area contributed by atoms with Crippen LogP contribution in [0.5, 0.6) is 0 Å². The standard InChI is InChI=1S/C9H13N3O2/c13-7-9(11-8(14)10-7)3-5-12-4-1-2-6(9)12/h6H,1-5H2,(H2,10,11,13,14). The lowest BCUT2D eigenvalue weighted by Crippen LogP contribution is -2.54. The van der Waals surface area contributed by atoms with Crippen molar-refractivity contribution in [2.24, 2.45) is 0 Å². The number of urea groups is 1. The van der Waals surface area contributed by atoms with E-state index in [4.69, 9.17) is 0 Å². The zero-order valence-electron chi connectivity index (χ0n) is 7.88. The maximum atomic E-state index is 11.7. The third-order valence-corrected chi connectivity index (χ3v) is 3.69. The molecule has 0 bridgehead atoms. The second kappa shape index (κ2) is 2.48. The number of hydrogen-bond donors (Lipinski definition) is 2. The Morgan fingerprint density at radius 3 is 2.93 bits per heavy atom. The van der Waals surface area contributed by atoms with E-state index >= 15 is 0 Å². The van der Waals surface area contributed by atoms with E-state index < -0.39 is 5.54 Å². The van der Waals surface area contributed by atoms with Crippen molar-refractivity contribution in [2.75, 3.05) is 13.1 Å². The SMILES string of the molecule is O=C1NC(=O)C2(CCN3CCCC32)N1. The van der Waals surface area contributed by atoms with Crippen LogP contribution < -0.4 is 10.6 Å². The first-order chi connectivity index (χ1) is 6.72. The molecule has 3 rings (SSSR count). The molecule has 2 atom stereocenters. The predicted octanol–water partition coefficient (Wildman–Crippen LogP) is -0.567. The number of nitrogens with zero attached hydrogens (tertiary/aromatic N) is 1. The number of rotatable bonds is 0. The van der Waals surface area contributed by atoms with Gasteiger partial charge in [-0.2, -0.15) is 0 Å². The number of fused-ring (bicyclic) bond motifs is 2. The molecule has 0 saturated carbocycles. The van der Waals surface area contributed by atoms with Crippen LogP contribution in [0.1, 0.15) is 19.3 Å². The summed E-state index contributed by atoms with van der Waals surface area (Å²) in [5, 5.41) is 5.16. The lowest BCUT2D eigenvalue weighted by molar-refractivity contribution is -0.124. The van der Waals surface area contributed by atoms with Gasteiger partial charge in [0, 0.05) is 12.6 Å². The van der Waals surface area contributed by atoms with E-state index in [2.05, 4.69) is 15.5 Å². The van der Waals surface area contributed by atoms with Crippen LogP contribution in [0.3, 0.4) is 0 Å². The van der Waals surface area contributed by atoms with Crippen molar-refractivity contribution in [3.05, 3.63) is 0 Å². The average molecular weight is 195 g/mol. The summed E-state index contributed by atoms with van der Waals surface area (Å²) in [7, 11) is 0. The zero-order valence-corrected chi connectivity index (χ0v) is 7.88. The van der Waals surface area contributed by atoms with Crippen LogP contribution >= 0.6 is 0 Å². The minimum atomic E-state index is -0.604. The van der Waals surface area contributed by atoms with Crippen LogP contribution in [0.4, 0.5) is 4.79 Å². The van der Waals surface area contributed by atoms with Gasteiger partial charge < -0.3 is 5.32 Å². The smallest absolute Gasteiger partial charge is 0.322 e. The van der Waals surface area contributed by atoms with E-state index in [9.17, 15) is 9.59 Å². The van der Waals surface area contributed by atoms with Crippen LogP contribution in [-0.2, 0) is 4.79 Å². The summed E-state index contributed by atoms with van der Waals surface area (Å²) in [5.41, 5.74) is -0.604. The highest BCUT2D eigenvalue weighted by atomic mass is 16.2. The maximum absolute atomic E-state index is 11.7. The number of hydrogen-bond acceptors (Lipinski definition) is 3. The highest BCUT2D eigenvalue weighted by Gasteiger charge is 2.58. The first-order valence-electron chi connectivity index (χ1n) is 5.10. The molecule has 2 unspecified atom stereocenters. The first-order valence-corrected chi connectivity index (χ1v) is 5.10. The van der Waals surface area contributed by atoms with E-state index in [0.717, 1.165) is 32.4 Å². The van der Waals surface area contributed by atoms with Gasteiger partial charge in [-0.25, -0.2) is 4.79 Å². The van der Waals surface area contributed by atoms with Gasteiger partial charge in [0.1, 0.15) is 5.54 Å². The Morgan fingerprint density at radius 1 is 1.36 bits per heavy atom. The molecule has 5 heteroatoms. The fourth-order valence-electron chi connectivity index (χ4n) is 3.05. The second-order valence-corrected chi connectivity index (χ2v) is 4.32. The van der Waals surface area contributed by atoms with Gasteiger partial charge in [0.2, 0.25) is 0 Å². The van der Waals surface area contributed by atoms with Crippen LogP contribution in [0, 0.1) is 0 Å². The maximum Gasteiger partial charge on any atom is 0.322 e. The van der Waals surface area contributed by atoms with Crippen molar-refractivity contribution in [1.29, 1.82) is 0 Å². The first kappa shape index (κ1) is 8.23. The molecule has 0 aromatic rings. The molecule has 0 aliphatic carbocycles. The van der Waals surface area contributed by atoms with Gasteiger partial charge in [-0.15, -0.1) is 0 Å². The Balaban J connectivity index is 1.96. The molecule has 5 nitrogen and oxygen atoms in total. The highest BCUT2D eigenvalue weighted by Crippen LogP contribution is 2.37. The Morgan fingerprint density at radius 2 is 2.21 bits per heavy atom. The van der Waals surface area contributed by atoms with Crippen molar-refractivity contribution >= 4 is 11.9 Å². The molecule has 3 amide bonds. The molecule has 3 aliphatic rings. The van der Waals surface area contributed by atoms with Crippen molar-refractivity contribution in [1.82, 2.24) is 15.5 Å². The molecule has 2 N–H and O–H groups in total. The molecule has 0 radical (unpaired) electrons. The number of nitrogens with one attached hydrogen (secondary N) is 2. The van der Waals surface area contributed by atoms with Crippen molar-refractivity contribution in [3.63, 3.8) is 0 Å². The Hall–Kier alpha value is -1.10. The summed E-state index contributed by atoms with van der Waals surface area (Å²) in [6.45, 7) is 1.99. The Bertz CT molecular complexity index is 317. The summed E-state index contributed by atoms with van der Waals surface area (Å²) in [5.74, 6) is -0.128. The van der Waals surface area contributed by atoms with Crippen LogP contribution in [0.25, 0.3) is 0 Å². The fourth-order valence-corrected chi connectivity index (χ4v) is 3.05. The highest BCUT2D eigenvalue weighted by molar-refractivity contribution is 6.07. The molecule has 1 spiro atoms. The predicted molar refractivity (Wildman–Crippen MR) is 48.6 cm³/mol. The summed E-state index contributed by atoms with van der Waals surface area (Å²) in [6.07, 6.45) is 2.92. The minimum Gasteiger partial charge on any atom is -0.322 e. The van der Waals surface area contributed by atoms with Crippen molar-refractivity contribution in [2.45, 2.75) is 30.8 Å². The second-order valence-electron chi connectivity index (χ2n) is 4.32. The lowest BCUT2D eigenvalue weighted by atomic mass is 9.89. The lowest BCUT2D eigenvalue weighted by Gasteiger charge is -2.27. The van der Waals surface area contributed by atoms with Crippen molar-refractivity contribution in [3.8, 4) is 0 Å². The van der Waals surface area contributed by atoms with E-state index in [1.54, 1.807) is 0 Å². The number of carbonyl (C=O) groups is 2. The molecule has 3 aliphatic heterocycles. The number of carbonyl (C=O) groups excluding carboxylic acids is 2. The molecule has 76 valence electrons. The van der Waals surface area contributed by atoms with E-state index in [-0.39, 0.29) is 18.0 Å². The molecule has 0 aromatic carbocycles. The summed E-state index contributed by atoms with van der Waals surface area (Å²) in [6, 6.07) is -0.0994. The van der Waals surface area contributed by atoms with Gasteiger partial charge >= 0.3 is 6.03 Å². The largest absolute Gasteiger partial charge is 0.322 e. The van der Waals surface area contributed by atoms with Gasteiger partial charge in [0.15, 0.2) is 0 Å². The van der Waals surface area contributed by atoms with Crippen molar-refractivity contribution < 1.29 is 9.59 Å². The quantitative estimate of drug-likeness (QED) is 0.509. The number of imide groups is 1. The topological polar surface area (TPSA) is 61.4 Å². The molecule has 14 heavy (non-hydrogen) atoms. The number of amides is 3. The van der Waals surface area contributed by atoms with Crippen LogP contribution in [0.15, 0.2) is 0 Å². The molecule has 0 aromatic heterocycles. The van der Waals surface area contributed by atoms with E-state index in [1.165, 1.54) is 0 Å². The minimum absolute atomic E-state index is 0.128. The normalized spacial score (nSPS) is 41.6. The monoisotopic (exact) mass is 195 g/mol.